The molecule has 0 unspecified atom stereocenters. The Morgan fingerprint density at radius 1 is 1.09 bits per heavy atom. The first-order chi connectivity index (χ1) is 16.2. The average Bonchev–Trinajstić information content (AvgIpc) is 3.62. The first-order valence-corrected chi connectivity index (χ1v) is 11.8. The molecule has 1 saturated carbocycles. The third-order valence-corrected chi connectivity index (χ3v) is 6.55. The minimum absolute atomic E-state index is 0.111. The molecule has 8 heteroatoms. The molecule has 5 rings (SSSR count). The fourth-order valence-corrected chi connectivity index (χ4v) is 4.76. The number of aromatic amines is 1. The molecule has 33 heavy (non-hydrogen) atoms. The maximum Gasteiger partial charge on any atom is 0.328 e. The van der Waals surface area contributed by atoms with Crippen molar-refractivity contribution in [2.24, 2.45) is 0 Å². The summed E-state index contributed by atoms with van der Waals surface area (Å²) in [7, 11) is 0. The minimum Gasteiger partial charge on any atom is -0.296 e. The molecule has 8 nitrogen and oxygen atoms in total. The van der Waals surface area contributed by atoms with E-state index in [-0.39, 0.29) is 5.69 Å². The van der Waals surface area contributed by atoms with E-state index in [9.17, 15) is 4.79 Å². The van der Waals surface area contributed by atoms with Crippen LogP contribution >= 0.6 is 0 Å². The number of nitrogens with one attached hydrogen (secondary N) is 1. The molecule has 170 valence electrons. The van der Waals surface area contributed by atoms with E-state index in [0.29, 0.717) is 18.4 Å². The van der Waals surface area contributed by atoms with E-state index in [1.807, 2.05) is 45.7 Å². The van der Waals surface area contributed by atoms with Gasteiger partial charge in [0.15, 0.2) is 0 Å². The van der Waals surface area contributed by atoms with Crippen LogP contribution in [-0.2, 0) is 13.0 Å². The van der Waals surface area contributed by atoms with E-state index in [2.05, 4.69) is 39.8 Å². The normalized spacial score (nSPS) is 14.2. The third-order valence-electron chi connectivity index (χ3n) is 6.55. The van der Waals surface area contributed by atoms with Crippen molar-refractivity contribution in [2.75, 3.05) is 0 Å². The van der Waals surface area contributed by atoms with Crippen LogP contribution in [0.25, 0.3) is 22.6 Å². The highest BCUT2D eigenvalue weighted by atomic mass is 16.1. The second-order valence-corrected chi connectivity index (χ2v) is 8.77. The van der Waals surface area contributed by atoms with Crippen LogP contribution in [0.2, 0.25) is 0 Å². The second kappa shape index (κ2) is 9.52. The van der Waals surface area contributed by atoms with Gasteiger partial charge in [0.1, 0.15) is 0 Å². The predicted octanol–water partition coefficient (Wildman–Crippen LogP) is 4.40. The highest BCUT2D eigenvalue weighted by Gasteiger charge is 2.22. The molecular weight excluding hydrogens is 414 g/mol. The van der Waals surface area contributed by atoms with Gasteiger partial charge in [-0.3, -0.25) is 14.1 Å². The fraction of sp³-hybridized carbons (Fsp3) is 0.400. The van der Waals surface area contributed by atoms with Gasteiger partial charge < -0.3 is 0 Å². The molecule has 1 N–H and O–H groups in total. The van der Waals surface area contributed by atoms with Crippen LogP contribution in [0.15, 0.2) is 53.6 Å². The van der Waals surface area contributed by atoms with Crippen LogP contribution in [0, 0.1) is 0 Å². The van der Waals surface area contributed by atoms with Gasteiger partial charge in [-0.1, -0.05) is 56.5 Å². The Hall–Kier alpha value is -3.55. The molecule has 0 radical (unpaired) electrons. The SMILES string of the molecule is CCCCc1cn(C2CCCC2)c(=O)n1Cc1ccc(-c2ccccc2-c2nn[nH]n2)nc1. The molecule has 1 fully saturated rings. The number of H-pyrrole nitrogens is 1. The molecule has 0 amide bonds. The molecule has 1 aliphatic rings. The molecule has 0 atom stereocenters. The summed E-state index contributed by atoms with van der Waals surface area (Å²) >= 11 is 0. The van der Waals surface area contributed by atoms with Crippen molar-refractivity contribution in [3.63, 3.8) is 0 Å². The molecule has 1 aliphatic carbocycles. The van der Waals surface area contributed by atoms with Crippen LogP contribution in [0.1, 0.15) is 62.7 Å². The molecule has 0 saturated heterocycles. The number of tetrazole rings is 1. The smallest absolute Gasteiger partial charge is 0.296 e. The average molecular weight is 444 g/mol. The van der Waals surface area contributed by atoms with Gasteiger partial charge in [0.25, 0.3) is 0 Å². The second-order valence-electron chi connectivity index (χ2n) is 8.77. The van der Waals surface area contributed by atoms with Crippen molar-refractivity contribution in [3.05, 3.63) is 70.5 Å². The van der Waals surface area contributed by atoms with Crippen molar-refractivity contribution in [2.45, 2.75) is 64.5 Å². The lowest BCUT2D eigenvalue weighted by Gasteiger charge is -2.10. The highest BCUT2D eigenvalue weighted by molar-refractivity contribution is 5.78. The number of aryl methyl sites for hydroxylation is 1. The number of hydrogen-bond donors (Lipinski definition) is 1. The Kier molecular flexibility index (Phi) is 6.15. The van der Waals surface area contributed by atoms with Gasteiger partial charge in [0, 0.05) is 35.3 Å². The maximum absolute atomic E-state index is 13.3. The number of rotatable bonds is 8. The molecular formula is C25H29N7O. The Morgan fingerprint density at radius 3 is 2.61 bits per heavy atom. The van der Waals surface area contributed by atoms with Gasteiger partial charge in [-0.05, 0) is 42.5 Å². The first kappa shape index (κ1) is 21.3. The van der Waals surface area contributed by atoms with Crippen molar-refractivity contribution in [3.8, 4) is 22.6 Å². The summed E-state index contributed by atoms with van der Waals surface area (Å²) in [5, 5.41) is 14.4. The van der Waals surface area contributed by atoms with Gasteiger partial charge in [0.2, 0.25) is 5.82 Å². The summed E-state index contributed by atoms with van der Waals surface area (Å²) in [5.41, 5.74) is 4.90. The lowest BCUT2D eigenvalue weighted by atomic mass is 10.0. The van der Waals surface area contributed by atoms with E-state index in [0.717, 1.165) is 60.2 Å². The van der Waals surface area contributed by atoms with E-state index >= 15 is 0 Å². The van der Waals surface area contributed by atoms with Crippen LogP contribution in [-0.4, -0.2) is 34.7 Å². The summed E-state index contributed by atoms with van der Waals surface area (Å²) in [6.45, 7) is 2.73. The van der Waals surface area contributed by atoms with Gasteiger partial charge in [0.05, 0.1) is 12.2 Å². The zero-order valence-corrected chi connectivity index (χ0v) is 18.9. The van der Waals surface area contributed by atoms with Crippen LogP contribution in [0.4, 0.5) is 0 Å². The fourth-order valence-electron chi connectivity index (χ4n) is 4.76. The molecule has 0 spiro atoms. The largest absolute Gasteiger partial charge is 0.328 e. The van der Waals surface area contributed by atoms with Crippen LogP contribution in [0.3, 0.4) is 0 Å². The van der Waals surface area contributed by atoms with Crippen molar-refractivity contribution in [1.29, 1.82) is 0 Å². The number of unbranched alkanes of at least 4 members (excludes halogenated alkanes) is 1. The summed E-state index contributed by atoms with van der Waals surface area (Å²) in [6, 6.07) is 12.3. The number of imidazole rings is 1. The van der Waals surface area contributed by atoms with Crippen LogP contribution in [0.5, 0.6) is 0 Å². The Morgan fingerprint density at radius 2 is 1.91 bits per heavy atom. The molecule has 4 aromatic rings. The molecule has 0 aliphatic heterocycles. The summed E-state index contributed by atoms with van der Waals surface area (Å²) in [4.78, 5) is 18.0. The zero-order valence-electron chi connectivity index (χ0n) is 18.9. The highest BCUT2D eigenvalue weighted by Crippen LogP contribution is 2.30. The van der Waals surface area contributed by atoms with E-state index in [4.69, 9.17) is 4.98 Å². The van der Waals surface area contributed by atoms with Gasteiger partial charge in [-0.2, -0.15) is 5.21 Å². The molecule has 0 bridgehead atoms. The standard InChI is InChI=1S/C25H29N7O/c1-2-3-8-20-17-32(19-9-4-5-10-19)25(33)31(20)16-18-13-14-23(26-15-18)21-11-6-7-12-22(21)24-27-29-30-28-24/h6-7,11-15,17,19H,2-5,8-10,16H2,1H3,(H,27,28,29,30). The van der Waals surface area contributed by atoms with Crippen molar-refractivity contribution >= 4 is 0 Å². The summed E-state index contributed by atoms with van der Waals surface area (Å²) < 4.78 is 3.93. The van der Waals surface area contributed by atoms with E-state index in [1.54, 1.807) is 0 Å². The van der Waals surface area contributed by atoms with E-state index in [1.165, 1.54) is 12.8 Å². The van der Waals surface area contributed by atoms with Gasteiger partial charge >= 0.3 is 5.69 Å². The number of hydrogen-bond acceptors (Lipinski definition) is 5. The lowest BCUT2D eigenvalue weighted by molar-refractivity contribution is 0.493. The third kappa shape index (κ3) is 4.37. The topological polar surface area (TPSA) is 94.3 Å². The molecule has 3 heterocycles. The molecule has 1 aromatic carbocycles. The van der Waals surface area contributed by atoms with E-state index < -0.39 is 0 Å². The summed E-state index contributed by atoms with van der Waals surface area (Å²) in [6.07, 6.45) is 11.7. The van der Waals surface area contributed by atoms with Crippen molar-refractivity contribution < 1.29 is 0 Å². The first-order valence-electron chi connectivity index (χ1n) is 11.8. The maximum atomic E-state index is 13.3. The van der Waals surface area contributed by atoms with Gasteiger partial charge in [-0.25, -0.2) is 4.79 Å². The number of nitrogens with zero attached hydrogens (tertiary/aromatic N) is 6. The number of pyridine rings is 1. The Bertz CT molecular complexity index is 1250. The van der Waals surface area contributed by atoms with Crippen molar-refractivity contribution in [1.82, 2.24) is 34.7 Å². The lowest BCUT2D eigenvalue weighted by Crippen LogP contribution is -2.27. The predicted molar refractivity (Wildman–Crippen MR) is 127 cm³/mol. The zero-order chi connectivity index (χ0) is 22.6. The minimum atomic E-state index is 0.111. The number of aromatic nitrogens is 7. The van der Waals surface area contributed by atoms with Crippen LogP contribution < -0.4 is 5.69 Å². The quantitative estimate of drug-likeness (QED) is 0.436. The number of benzene rings is 1. The monoisotopic (exact) mass is 443 g/mol. The summed E-state index contributed by atoms with van der Waals surface area (Å²) in [5.74, 6) is 0.539. The van der Waals surface area contributed by atoms with Gasteiger partial charge in [-0.15, -0.1) is 10.2 Å². The molecule has 3 aromatic heterocycles. The Balaban J connectivity index is 1.43. The Labute approximate surface area is 192 Å².